The predicted molar refractivity (Wildman–Crippen MR) is 47.8 cm³/mol. The molecule has 0 aliphatic carbocycles. The van der Waals surface area contributed by atoms with Crippen molar-refractivity contribution >= 4 is 0 Å². The molecule has 0 aliphatic rings. The smallest absolute Gasteiger partial charge is 0.311 e. The van der Waals surface area contributed by atoms with Crippen molar-refractivity contribution in [2.75, 3.05) is 13.1 Å². The minimum absolute atomic E-state index is 0.114. The Morgan fingerprint density at radius 2 is 1.87 bits per heavy atom. The van der Waals surface area contributed by atoms with E-state index < -0.39 is 24.3 Å². The molecule has 0 aromatic carbocycles. The Bertz CT molecular complexity index is 233. The van der Waals surface area contributed by atoms with Gasteiger partial charge in [0.1, 0.15) is 0 Å². The van der Waals surface area contributed by atoms with Crippen LogP contribution < -0.4 is 5.32 Å². The molecule has 0 rings (SSSR count). The van der Waals surface area contributed by atoms with Crippen LogP contribution in [-0.2, 0) is 0 Å². The van der Waals surface area contributed by atoms with E-state index in [1.54, 1.807) is 13.8 Å². The monoisotopic (exact) mass is 226 g/mol. The number of nitrogens with one attached hydrogen (secondary N) is 1. The summed E-state index contributed by atoms with van der Waals surface area (Å²) in [7, 11) is 0. The van der Waals surface area contributed by atoms with Crippen LogP contribution in [0, 0.1) is 16.7 Å². The first-order valence-electron chi connectivity index (χ1n) is 4.49. The summed E-state index contributed by atoms with van der Waals surface area (Å²) in [5.74, 6) is -4.00. The molecule has 6 heteroatoms. The van der Waals surface area contributed by atoms with Crippen molar-refractivity contribution < 1.29 is 17.6 Å². The van der Waals surface area contributed by atoms with Crippen LogP contribution in [0.5, 0.6) is 0 Å². The Kier molecular flexibility index (Phi) is 5.01. The Morgan fingerprint density at radius 1 is 1.33 bits per heavy atom. The molecule has 0 aromatic rings. The lowest BCUT2D eigenvalue weighted by Crippen LogP contribution is -2.39. The molecule has 0 unspecified atom stereocenters. The molecular formula is C9H14F4N2. The maximum absolute atomic E-state index is 12.4. The molecule has 0 aromatic heterocycles. The average Bonchev–Trinajstić information content (AvgIpc) is 2.12. The number of hydrogen-bond acceptors (Lipinski definition) is 2. The third-order valence-corrected chi connectivity index (χ3v) is 1.91. The SMILES string of the molecule is CC(C)(C#N)CCNCC(F)(F)C(F)F. The van der Waals surface area contributed by atoms with Gasteiger partial charge in [0.25, 0.3) is 0 Å². The van der Waals surface area contributed by atoms with E-state index in [4.69, 9.17) is 5.26 Å². The predicted octanol–water partition coefficient (Wildman–Crippen LogP) is 2.42. The minimum atomic E-state index is -4.00. The van der Waals surface area contributed by atoms with Crippen LogP contribution in [0.3, 0.4) is 0 Å². The van der Waals surface area contributed by atoms with Crippen LogP contribution in [0.25, 0.3) is 0 Å². The Morgan fingerprint density at radius 3 is 2.27 bits per heavy atom. The Hall–Kier alpha value is -0.830. The van der Waals surface area contributed by atoms with Gasteiger partial charge in [-0.15, -0.1) is 0 Å². The Balaban J connectivity index is 3.78. The molecule has 0 spiro atoms. The summed E-state index contributed by atoms with van der Waals surface area (Å²) in [6.45, 7) is 2.36. The van der Waals surface area contributed by atoms with Crippen molar-refractivity contribution in [2.45, 2.75) is 32.6 Å². The zero-order valence-electron chi connectivity index (χ0n) is 8.66. The molecular weight excluding hydrogens is 212 g/mol. The van der Waals surface area contributed by atoms with Crippen molar-refractivity contribution in [2.24, 2.45) is 5.41 Å². The third-order valence-electron chi connectivity index (χ3n) is 1.91. The van der Waals surface area contributed by atoms with Crippen molar-refractivity contribution in [3.63, 3.8) is 0 Å². The lowest BCUT2D eigenvalue weighted by Gasteiger charge is -2.18. The highest BCUT2D eigenvalue weighted by atomic mass is 19.3. The molecule has 1 N–H and O–H groups in total. The molecule has 0 atom stereocenters. The standard InChI is InChI=1S/C9H14F4N2/c1-8(2,5-14)3-4-15-6-9(12,13)7(10)11/h7,15H,3-4,6H2,1-2H3. The van der Waals surface area contributed by atoms with Gasteiger partial charge in [-0.2, -0.15) is 14.0 Å². The molecule has 15 heavy (non-hydrogen) atoms. The second-order valence-electron chi connectivity index (χ2n) is 3.98. The number of hydrogen-bond donors (Lipinski definition) is 1. The first-order valence-corrected chi connectivity index (χ1v) is 4.49. The first kappa shape index (κ1) is 14.2. The largest absolute Gasteiger partial charge is 0.319 e. The van der Waals surface area contributed by atoms with Gasteiger partial charge < -0.3 is 5.32 Å². The fourth-order valence-corrected chi connectivity index (χ4v) is 0.789. The highest BCUT2D eigenvalue weighted by molar-refractivity contribution is 4.91. The number of rotatable bonds is 6. The molecule has 0 heterocycles. The van der Waals surface area contributed by atoms with E-state index in [-0.39, 0.29) is 6.54 Å². The summed E-state index contributed by atoms with van der Waals surface area (Å²) in [6, 6.07) is 1.99. The molecule has 0 fully saturated rings. The lowest BCUT2D eigenvalue weighted by atomic mass is 9.91. The summed E-state index contributed by atoms with van der Waals surface area (Å²) in [5, 5.41) is 10.8. The van der Waals surface area contributed by atoms with Crippen LogP contribution in [0.15, 0.2) is 0 Å². The summed E-state index contributed by atoms with van der Waals surface area (Å²) in [6.07, 6.45) is -3.32. The van der Waals surface area contributed by atoms with Gasteiger partial charge in [-0.05, 0) is 26.8 Å². The summed E-state index contributed by atoms with van der Waals surface area (Å²) in [4.78, 5) is 0. The van der Waals surface area contributed by atoms with Crippen molar-refractivity contribution in [3.8, 4) is 6.07 Å². The van der Waals surface area contributed by atoms with Gasteiger partial charge in [-0.25, -0.2) is 8.78 Å². The molecule has 88 valence electrons. The maximum atomic E-state index is 12.4. The summed E-state index contributed by atoms with van der Waals surface area (Å²) >= 11 is 0. The number of alkyl halides is 4. The van der Waals surface area contributed by atoms with E-state index >= 15 is 0 Å². The van der Waals surface area contributed by atoms with E-state index in [2.05, 4.69) is 5.32 Å². The van der Waals surface area contributed by atoms with E-state index in [1.807, 2.05) is 6.07 Å². The number of nitrogens with zero attached hydrogens (tertiary/aromatic N) is 1. The fourth-order valence-electron chi connectivity index (χ4n) is 0.789. The molecule has 0 saturated heterocycles. The summed E-state index contributed by atoms with van der Waals surface area (Å²) in [5.41, 5.74) is -0.632. The zero-order chi connectivity index (χ0) is 12.1. The molecule has 0 bridgehead atoms. The lowest BCUT2D eigenvalue weighted by molar-refractivity contribution is -0.125. The maximum Gasteiger partial charge on any atom is 0.319 e. The van der Waals surface area contributed by atoms with Crippen LogP contribution >= 0.6 is 0 Å². The van der Waals surface area contributed by atoms with Crippen LogP contribution in [0.2, 0.25) is 0 Å². The first-order chi connectivity index (χ1) is 6.71. The van der Waals surface area contributed by atoms with Crippen molar-refractivity contribution in [3.05, 3.63) is 0 Å². The van der Waals surface area contributed by atoms with Crippen LogP contribution in [0.1, 0.15) is 20.3 Å². The van der Waals surface area contributed by atoms with Crippen molar-refractivity contribution in [1.29, 1.82) is 5.26 Å². The molecule has 0 amide bonds. The van der Waals surface area contributed by atoms with E-state index in [0.717, 1.165) is 0 Å². The molecule has 0 aliphatic heterocycles. The van der Waals surface area contributed by atoms with E-state index in [9.17, 15) is 17.6 Å². The molecule has 0 radical (unpaired) electrons. The van der Waals surface area contributed by atoms with Gasteiger partial charge in [-0.3, -0.25) is 0 Å². The van der Waals surface area contributed by atoms with Crippen LogP contribution in [0.4, 0.5) is 17.6 Å². The normalized spacial score (nSPS) is 12.9. The van der Waals surface area contributed by atoms with Crippen LogP contribution in [-0.4, -0.2) is 25.4 Å². The zero-order valence-corrected chi connectivity index (χ0v) is 8.66. The quantitative estimate of drug-likeness (QED) is 0.557. The number of nitriles is 1. The van der Waals surface area contributed by atoms with E-state index in [0.29, 0.717) is 6.42 Å². The second-order valence-corrected chi connectivity index (χ2v) is 3.98. The van der Waals surface area contributed by atoms with Gasteiger partial charge in [0, 0.05) is 0 Å². The molecule has 0 saturated carbocycles. The topological polar surface area (TPSA) is 35.8 Å². The van der Waals surface area contributed by atoms with Gasteiger partial charge in [0.05, 0.1) is 18.0 Å². The van der Waals surface area contributed by atoms with Crippen molar-refractivity contribution in [1.82, 2.24) is 5.32 Å². The second kappa shape index (κ2) is 5.31. The van der Waals surface area contributed by atoms with Gasteiger partial charge in [0.2, 0.25) is 0 Å². The minimum Gasteiger partial charge on any atom is -0.311 e. The Labute approximate surface area is 86.3 Å². The fraction of sp³-hybridized carbons (Fsp3) is 0.889. The number of halogens is 4. The average molecular weight is 226 g/mol. The summed E-state index contributed by atoms with van der Waals surface area (Å²) < 4.78 is 48.1. The highest BCUT2D eigenvalue weighted by Gasteiger charge is 2.40. The van der Waals surface area contributed by atoms with Gasteiger partial charge in [-0.1, -0.05) is 0 Å². The molecule has 2 nitrogen and oxygen atoms in total. The van der Waals surface area contributed by atoms with Gasteiger partial charge >= 0.3 is 12.3 Å². The van der Waals surface area contributed by atoms with E-state index in [1.165, 1.54) is 0 Å². The van der Waals surface area contributed by atoms with Gasteiger partial charge in [0.15, 0.2) is 0 Å². The highest BCUT2D eigenvalue weighted by Crippen LogP contribution is 2.22. The third kappa shape index (κ3) is 5.57.